The summed E-state index contributed by atoms with van der Waals surface area (Å²) in [4.78, 5) is 2.49. The fraction of sp³-hybridized carbons (Fsp3) is 0.750. The molecule has 6 nitrogen and oxygen atoms in total. The largest absolute Gasteiger partial charge is 0.468 e. The van der Waals surface area contributed by atoms with Crippen LogP contribution < -0.4 is 0 Å². The molecule has 2 saturated heterocycles. The number of furan rings is 1. The lowest BCUT2D eigenvalue weighted by Gasteiger charge is -2.31. The highest BCUT2D eigenvalue weighted by atomic mass is 32.2. The van der Waals surface area contributed by atoms with Gasteiger partial charge in [0.15, 0.2) is 5.16 Å². The first-order valence-corrected chi connectivity index (χ1v) is 13.3. The zero-order valence-corrected chi connectivity index (χ0v) is 19.4. The van der Waals surface area contributed by atoms with Gasteiger partial charge in [-0.3, -0.25) is 4.90 Å². The number of thioether (sulfide) groups is 1. The maximum absolute atomic E-state index is 5.99. The number of likely N-dealkylation sites (tertiary alicyclic amines) is 1. The predicted molar refractivity (Wildman–Crippen MR) is 122 cm³/mol. The summed E-state index contributed by atoms with van der Waals surface area (Å²) in [5, 5.41) is 10.6. The Labute approximate surface area is 190 Å². The zero-order chi connectivity index (χ0) is 20.9. The second-order valence-corrected chi connectivity index (χ2v) is 10.5. The Hall–Kier alpha value is -1.31. The van der Waals surface area contributed by atoms with Crippen LogP contribution in [0.1, 0.15) is 75.3 Å². The minimum atomic E-state index is 0.322. The number of ether oxygens (including phenoxy) is 1. The summed E-state index contributed by atoms with van der Waals surface area (Å²) in [6.07, 6.45) is 13.7. The van der Waals surface area contributed by atoms with E-state index in [4.69, 9.17) is 14.3 Å². The number of nitrogens with zero attached hydrogens (tertiary/aromatic N) is 4. The Bertz CT molecular complexity index is 789. The normalized spacial score (nSPS) is 24.2. The molecule has 0 N–H and O–H groups in total. The third-order valence-corrected chi connectivity index (χ3v) is 8.44. The topological polar surface area (TPSA) is 56.3 Å². The van der Waals surface area contributed by atoms with Gasteiger partial charge in [-0.15, -0.1) is 10.2 Å². The van der Waals surface area contributed by atoms with Crippen LogP contribution in [0.3, 0.4) is 0 Å². The third kappa shape index (κ3) is 5.55. The van der Waals surface area contributed by atoms with Crippen LogP contribution in [0.2, 0.25) is 0 Å². The van der Waals surface area contributed by atoms with E-state index in [0.29, 0.717) is 12.0 Å². The summed E-state index contributed by atoms with van der Waals surface area (Å²) in [5.74, 6) is 4.78. The van der Waals surface area contributed by atoms with E-state index in [1.54, 1.807) is 6.26 Å². The average molecular weight is 445 g/mol. The molecule has 3 fully saturated rings. The Kier molecular flexibility index (Phi) is 7.32. The number of aromatic nitrogens is 3. The van der Waals surface area contributed by atoms with E-state index < -0.39 is 0 Å². The molecule has 1 aliphatic carbocycles. The highest BCUT2D eigenvalue weighted by molar-refractivity contribution is 7.99. The molecule has 0 aromatic carbocycles. The van der Waals surface area contributed by atoms with Gasteiger partial charge in [0.1, 0.15) is 11.6 Å². The molecule has 31 heavy (non-hydrogen) atoms. The van der Waals surface area contributed by atoms with Crippen molar-refractivity contribution in [1.29, 1.82) is 0 Å². The summed E-state index contributed by atoms with van der Waals surface area (Å²) < 4.78 is 14.0. The SMILES string of the molecule is c1coc(CN2CCC(c3nnc(SCC4CCCCC4)n3C[C@H]3CCCO3)CC2)c1. The molecule has 2 aliphatic heterocycles. The molecule has 170 valence electrons. The van der Waals surface area contributed by atoms with Crippen LogP contribution >= 0.6 is 11.8 Å². The minimum Gasteiger partial charge on any atom is -0.468 e. The van der Waals surface area contributed by atoms with Gasteiger partial charge >= 0.3 is 0 Å². The molecular formula is C24H36N4O2S. The second kappa shape index (κ2) is 10.5. The maximum atomic E-state index is 5.99. The summed E-state index contributed by atoms with van der Waals surface area (Å²) in [6, 6.07) is 4.04. The van der Waals surface area contributed by atoms with Crippen LogP contribution in [0.25, 0.3) is 0 Å². The molecule has 1 atom stereocenters. The summed E-state index contributed by atoms with van der Waals surface area (Å²) >= 11 is 1.94. The summed E-state index contributed by atoms with van der Waals surface area (Å²) in [6.45, 7) is 4.90. The van der Waals surface area contributed by atoms with Crippen molar-refractivity contribution in [2.75, 3.05) is 25.4 Å². The maximum Gasteiger partial charge on any atom is 0.191 e. The van der Waals surface area contributed by atoms with Crippen molar-refractivity contribution in [3.05, 3.63) is 30.0 Å². The number of rotatable bonds is 8. The monoisotopic (exact) mass is 444 g/mol. The molecule has 7 heteroatoms. The lowest BCUT2D eigenvalue weighted by atomic mass is 9.91. The number of piperidine rings is 1. The van der Waals surface area contributed by atoms with Crippen LogP contribution in [0, 0.1) is 5.92 Å². The third-order valence-electron chi connectivity index (χ3n) is 7.24. The average Bonchev–Trinajstić information content (AvgIpc) is 3.57. The van der Waals surface area contributed by atoms with E-state index in [1.807, 2.05) is 17.8 Å². The molecule has 0 amide bonds. The Balaban J connectivity index is 1.24. The van der Waals surface area contributed by atoms with Gasteiger partial charge in [-0.1, -0.05) is 31.0 Å². The Morgan fingerprint density at radius 2 is 1.87 bits per heavy atom. The second-order valence-electron chi connectivity index (χ2n) is 9.53. The van der Waals surface area contributed by atoms with Crippen LogP contribution in [0.4, 0.5) is 0 Å². The van der Waals surface area contributed by atoms with Crippen molar-refractivity contribution in [2.24, 2.45) is 5.92 Å². The molecule has 4 heterocycles. The van der Waals surface area contributed by atoms with Crippen molar-refractivity contribution in [3.63, 3.8) is 0 Å². The van der Waals surface area contributed by atoms with Gasteiger partial charge in [0.2, 0.25) is 0 Å². The lowest BCUT2D eigenvalue weighted by molar-refractivity contribution is 0.0931. The minimum absolute atomic E-state index is 0.322. The van der Waals surface area contributed by atoms with Gasteiger partial charge in [-0.05, 0) is 69.7 Å². The van der Waals surface area contributed by atoms with Gasteiger partial charge in [0.25, 0.3) is 0 Å². The fourth-order valence-corrected chi connectivity index (χ4v) is 6.53. The quantitative estimate of drug-likeness (QED) is 0.528. The molecule has 0 spiro atoms. The van der Waals surface area contributed by atoms with Crippen molar-refractivity contribution in [3.8, 4) is 0 Å². The molecule has 3 aliphatic rings. The lowest BCUT2D eigenvalue weighted by Crippen LogP contribution is -2.33. The van der Waals surface area contributed by atoms with Crippen LogP contribution in [-0.4, -0.2) is 51.2 Å². The van der Waals surface area contributed by atoms with Crippen molar-refractivity contribution >= 4 is 11.8 Å². The Morgan fingerprint density at radius 1 is 1.00 bits per heavy atom. The van der Waals surface area contributed by atoms with Crippen LogP contribution in [0.15, 0.2) is 28.0 Å². The predicted octanol–water partition coefficient (Wildman–Crippen LogP) is 5.10. The molecule has 5 rings (SSSR count). The van der Waals surface area contributed by atoms with Crippen molar-refractivity contribution in [1.82, 2.24) is 19.7 Å². The van der Waals surface area contributed by atoms with Gasteiger partial charge < -0.3 is 13.7 Å². The van der Waals surface area contributed by atoms with E-state index in [1.165, 1.54) is 50.1 Å². The summed E-state index contributed by atoms with van der Waals surface area (Å²) in [5.41, 5.74) is 0. The van der Waals surface area contributed by atoms with Crippen LogP contribution in [0.5, 0.6) is 0 Å². The van der Waals surface area contributed by atoms with Crippen molar-refractivity contribution < 1.29 is 9.15 Å². The van der Waals surface area contributed by atoms with E-state index in [2.05, 4.69) is 20.6 Å². The van der Waals surface area contributed by atoms with Crippen LogP contribution in [-0.2, 0) is 17.8 Å². The van der Waals surface area contributed by atoms with E-state index >= 15 is 0 Å². The van der Waals surface area contributed by atoms with E-state index in [-0.39, 0.29) is 0 Å². The van der Waals surface area contributed by atoms with Gasteiger partial charge in [-0.2, -0.15) is 0 Å². The van der Waals surface area contributed by atoms with Gasteiger partial charge in [0, 0.05) is 18.3 Å². The molecule has 2 aromatic heterocycles. The molecular weight excluding hydrogens is 408 g/mol. The highest BCUT2D eigenvalue weighted by Gasteiger charge is 2.29. The zero-order valence-electron chi connectivity index (χ0n) is 18.6. The van der Waals surface area contributed by atoms with Gasteiger partial charge in [0.05, 0.1) is 25.5 Å². The molecule has 0 unspecified atom stereocenters. The first-order chi connectivity index (χ1) is 15.3. The first-order valence-electron chi connectivity index (χ1n) is 12.3. The smallest absolute Gasteiger partial charge is 0.191 e. The first kappa shape index (κ1) is 21.5. The Morgan fingerprint density at radius 3 is 2.61 bits per heavy atom. The fourth-order valence-electron chi connectivity index (χ4n) is 5.39. The number of hydrogen-bond donors (Lipinski definition) is 0. The highest BCUT2D eigenvalue weighted by Crippen LogP contribution is 2.33. The molecule has 1 saturated carbocycles. The summed E-state index contributed by atoms with van der Waals surface area (Å²) in [7, 11) is 0. The molecule has 0 bridgehead atoms. The van der Waals surface area contributed by atoms with Gasteiger partial charge in [-0.25, -0.2) is 0 Å². The standard InChI is InChI=1S/C24H36N4O2S/c1-2-6-19(7-3-1)18-31-24-26-25-23(28(24)17-22-9-5-15-30-22)20-10-12-27(13-11-20)16-21-8-4-14-29-21/h4,8,14,19-20,22H,1-3,5-7,9-13,15-18H2/t22-/m1/s1. The van der Waals surface area contributed by atoms with E-state index in [0.717, 1.165) is 68.9 Å². The molecule has 0 radical (unpaired) electrons. The van der Waals surface area contributed by atoms with E-state index in [9.17, 15) is 0 Å². The number of hydrogen-bond acceptors (Lipinski definition) is 6. The van der Waals surface area contributed by atoms with Crippen molar-refractivity contribution in [2.45, 2.75) is 88.1 Å². The molecule has 2 aromatic rings.